The molecule has 0 spiro atoms. The summed E-state index contributed by atoms with van der Waals surface area (Å²) >= 11 is 1.56. The number of hydrogen-bond acceptors (Lipinski definition) is 6. The molecule has 8 heteroatoms. The second-order valence-electron chi connectivity index (χ2n) is 8.02. The quantitative estimate of drug-likeness (QED) is 0.224. The average Bonchev–Trinajstić information content (AvgIpc) is 2.84. The van der Waals surface area contributed by atoms with Crippen molar-refractivity contribution in [1.29, 1.82) is 0 Å². The number of urea groups is 1. The number of ketones is 1. The number of thioether (sulfide) groups is 1. The molecule has 2 aromatic rings. The van der Waals surface area contributed by atoms with E-state index in [2.05, 4.69) is 17.2 Å². The smallest absolute Gasteiger partial charge is 0.321 e. The number of aromatic nitrogens is 1. The molecule has 1 N–H and O–H groups in total. The summed E-state index contributed by atoms with van der Waals surface area (Å²) in [4.78, 5) is 43.7. The van der Waals surface area contributed by atoms with Crippen molar-refractivity contribution < 1.29 is 19.1 Å². The molecule has 0 aliphatic heterocycles. The average molecular weight is 486 g/mol. The molecular weight excluding hydrogens is 450 g/mol. The SMILES string of the molecule is CCCCN(CCSCC(CC(=O)OCC)C(=O)c1cccnc1)C(=O)Nc1ccc(C)cc1. The number of Topliss-reactive ketones (excluding diaryl/α,β-unsaturated/α-hetero) is 1. The van der Waals surface area contributed by atoms with Gasteiger partial charge >= 0.3 is 12.0 Å². The number of esters is 1. The van der Waals surface area contributed by atoms with E-state index in [4.69, 9.17) is 4.74 Å². The molecule has 2 rings (SSSR count). The molecule has 1 aromatic heterocycles. The minimum Gasteiger partial charge on any atom is -0.466 e. The molecule has 1 heterocycles. The van der Waals surface area contributed by atoms with Crippen LogP contribution in [0.3, 0.4) is 0 Å². The van der Waals surface area contributed by atoms with E-state index in [1.807, 2.05) is 31.2 Å². The Balaban J connectivity index is 1.94. The van der Waals surface area contributed by atoms with Gasteiger partial charge in [0.2, 0.25) is 0 Å². The van der Waals surface area contributed by atoms with E-state index in [0.717, 1.165) is 24.1 Å². The van der Waals surface area contributed by atoms with Crippen LogP contribution >= 0.6 is 11.8 Å². The number of nitrogens with zero attached hydrogens (tertiary/aromatic N) is 2. The summed E-state index contributed by atoms with van der Waals surface area (Å²) in [5.41, 5.74) is 2.39. The first kappa shape index (κ1) is 27.4. The lowest BCUT2D eigenvalue weighted by molar-refractivity contribution is -0.143. The number of rotatable bonds is 14. The van der Waals surface area contributed by atoms with Crippen LogP contribution in [0.2, 0.25) is 0 Å². The molecule has 0 fully saturated rings. The molecule has 0 bridgehead atoms. The van der Waals surface area contributed by atoms with Crippen molar-refractivity contribution in [3.8, 4) is 0 Å². The number of ether oxygens (including phenoxy) is 1. The number of unbranched alkanes of at least 4 members (excludes halogenated alkanes) is 1. The number of carbonyl (C=O) groups excluding carboxylic acids is 3. The molecule has 1 unspecified atom stereocenters. The van der Waals surface area contributed by atoms with Crippen LogP contribution in [-0.4, -0.2) is 58.9 Å². The van der Waals surface area contributed by atoms with Gasteiger partial charge in [-0.2, -0.15) is 11.8 Å². The summed E-state index contributed by atoms with van der Waals surface area (Å²) < 4.78 is 5.07. The van der Waals surface area contributed by atoms with E-state index in [9.17, 15) is 14.4 Å². The zero-order chi connectivity index (χ0) is 24.8. The Bertz CT molecular complexity index is 906. The van der Waals surface area contributed by atoms with E-state index in [1.54, 1.807) is 41.9 Å². The van der Waals surface area contributed by atoms with E-state index in [-0.39, 0.29) is 30.8 Å². The zero-order valence-electron chi connectivity index (χ0n) is 20.3. The highest BCUT2D eigenvalue weighted by Gasteiger charge is 2.24. The van der Waals surface area contributed by atoms with E-state index < -0.39 is 5.92 Å². The fraction of sp³-hybridized carbons (Fsp3) is 0.462. The van der Waals surface area contributed by atoms with Crippen molar-refractivity contribution in [2.45, 2.75) is 40.0 Å². The first-order chi connectivity index (χ1) is 16.4. The van der Waals surface area contributed by atoms with Crippen molar-refractivity contribution in [3.63, 3.8) is 0 Å². The summed E-state index contributed by atoms with van der Waals surface area (Å²) in [5, 5.41) is 2.96. The Morgan fingerprint density at radius 3 is 2.53 bits per heavy atom. The van der Waals surface area contributed by atoms with Crippen molar-refractivity contribution in [2.24, 2.45) is 5.92 Å². The number of nitrogens with one attached hydrogen (secondary N) is 1. The van der Waals surface area contributed by atoms with Gasteiger partial charge in [0, 0.05) is 54.2 Å². The lowest BCUT2D eigenvalue weighted by Gasteiger charge is -2.23. The van der Waals surface area contributed by atoms with Crippen molar-refractivity contribution in [3.05, 3.63) is 59.9 Å². The highest BCUT2D eigenvalue weighted by Crippen LogP contribution is 2.19. The molecule has 1 atom stereocenters. The minimum absolute atomic E-state index is 0.0298. The second-order valence-corrected chi connectivity index (χ2v) is 9.17. The maximum absolute atomic E-state index is 13.0. The van der Waals surface area contributed by atoms with Crippen LogP contribution in [0.25, 0.3) is 0 Å². The first-order valence-corrected chi connectivity index (χ1v) is 12.9. The Kier molecular flexibility index (Phi) is 12.2. The van der Waals surface area contributed by atoms with Gasteiger partial charge in [-0.1, -0.05) is 31.0 Å². The Hall–Kier alpha value is -2.87. The molecule has 0 saturated heterocycles. The van der Waals surface area contributed by atoms with Crippen molar-refractivity contribution in [1.82, 2.24) is 9.88 Å². The van der Waals surface area contributed by atoms with Crippen LogP contribution in [0, 0.1) is 12.8 Å². The third kappa shape index (κ3) is 9.55. The normalized spacial score (nSPS) is 11.5. The zero-order valence-corrected chi connectivity index (χ0v) is 21.1. The lowest BCUT2D eigenvalue weighted by atomic mass is 9.97. The number of anilines is 1. The van der Waals surface area contributed by atoms with Gasteiger partial charge in [0.25, 0.3) is 0 Å². The molecule has 0 aliphatic carbocycles. The monoisotopic (exact) mass is 485 g/mol. The Morgan fingerprint density at radius 1 is 1.12 bits per heavy atom. The fourth-order valence-corrected chi connectivity index (χ4v) is 4.37. The third-order valence-electron chi connectivity index (χ3n) is 5.23. The molecule has 34 heavy (non-hydrogen) atoms. The standard InChI is InChI=1S/C26H35N3O4S/c1-4-6-14-29(26(32)28-23-11-9-20(3)10-12-23)15-16-34-19-22(17-24(30)33-5-2)25(31)21-8-7-13-27-18-21/h7-13,18,22H,4-6,14-17,19H2,1-3H3,(H,28,32). The Labute approximate surface area is 206 Å². The minimum atomic E-state index is -0.501. The van der Waals surface area contributed by atoms with Gasteiger partial charge < -0.3 is 15.0 Å². The molecule has 2 amide bonds. The van der Waals surface area contributed by atoms with Gasteiger partial charge in [0.15, 0.2) is 5.78 Å². The van der Waals surface area contributed by atoms with Gasteiger partial charge in [0.1, 0.15) is 0 Å². The number of benzene rings is 1. The highest BCUT2D eigenvalue weighted by molar-refractivity contribution is 7.99. The summed E-state index contributed by atoms with van der Waals surface area (Å²) in [6, 6.07) is 11.0. The van der Waals surface area contributed by atoms with Gasteiger partial charge in [-0.3, -0.25) is 14.6 Å². The number of pyridine rings is 1. The summed E-state index contributed by atoms with van der Waals surface area (Å²) in [7, 11) is 0. The topological polar surface area (TPSA) is 88.6 Å². The van der Waals surface area contributed by atoms with E-state index in [0.29, 0.717) is 30.2 Å². The molecule has 1 aromatic carbocycles. The Morgan fingerprint density at radius 2 is 1.88 bits per heavy atom. The van der Waals surface area contributed by atoms with Crippen LogP contribution in [0.15, 0.2) is 48.8 Å². The van der Waals surface area contributed by atoms with Crippen LogP contribution in [0.1, 0.15) is 49.0 Å². The molecule has 0 saturated carbocycles. The molecule has 0 radical (unpaired) electrons. The lowest BCUT2D eigenvalue weighted by Crippen LogP contribution is -2.37. The van der Waals surface area contributed by atoms with Gasteiger partial charge in [-0.25, -0.2) is 4.79 Å². The summed E-state index contributed by atoms with van der Waals surface area (Å²) in [6.45, 7) is 7.34. The van der Waals surface area contributed by atoms with Crippen LogP contribution < -0.4 is 5.32 Å². The van der Waals surface area contributed by atoms with Crippen LogP contribution in [0.5, 0.6) is 0 Å². The van der Waals surface area contributed by atoms with Crippen molar-refractivity contribution >= 4 is 35.2 Å². The maximum atomic E-state index is 13.0. The number of aryl methyl sites for hydroxylation is 1. The number of amides is 2. The van der Waals surface area contributed by atoms with Crippen LogP contribution in [-0.2, 0) is 9.53 Å². The molecule has 7 nitrogen and oxygen atoms in total. The van der Waals surface area contributed by atoms with Gasteiger partial charge in [0.05, 0.1) is 13.0 Å². The molecule has 0 aliphatic rings. The largest absolute Gasteiger partial charge is 0.466 e. The number of carbonyl (C=O) groups is 3. The maximum Gasteiger partial charge on any atom is 0.321 e. The van der Waals surface area contributed by atoms with E-state index in [1.165, 1.54) is 6.20 Å². The summed E-state index contributed by atoms with van der Waals surface area (Å²) in [6.07, 6.45) is 5.06. The number of hydrogen-bond donors (Lipinski definition) is 1. The first-order valence-electron chi connectivity index (χ1n) is 11.7. The predicted octanol–water partition coefficient (Wildman–Crippen LogP) is 5.21. The fourth-order valence-electron chi connectivity index (χ4n) is 3.30. The molecular formula is C26H35N3O4S. The van der Waals surface area contributed by atoms with Crippen LogP contribution in [0.4, 0.5) is 10.5 Å². The predicted molar refractivity (Wildman–Crippen MR) is 137 cm³/mol. The second kappa shape index (κ2) is 15.1. The van der Waals surface area contributed by atoms with Gasteiger partial charge in [-0.05, 0) is 44.5 Å². The summed E-state index contributed by atoms with van der Waals surface area (Å²) in [5.74, 6) is 0.123. The van der Waals surface area contributed by atoms with Crippen molar-refractivity contribution in [2.75, 3.05) is 36.5 Å². The van der Waals surface area contributed by atoms with Gasteiger partial charge in [-0.15, -0.1) is 0 Å². The molecule has 184 valence electrons. The third-order valence-corrected chi connectivity index (χ3v) is 6.34. The highest BCUT2D eigenvalue weighted by atomic mass is 32.2. The van der Waals surface area contributed by atoms with E-state index >= 15 is 0 Å².